The van der Waals surface area contributed by atoms with Crippen molar-refractivity contribution in [1.29, 1.82) is 5.41 Å². The standard InChI is InChI=1S/C12H20N6/c1-17(8-9-18-6-2-3-7-18)12-15-5-4-10(16-12)11(13)14/h4-5H,2-3,6-9H2,1H3,(H3,13,14). The molecule has 1 saturated heterocycles. The Morgan fingerprint density at radius 3 is 2.89 bits per heavy atom. The van der Waals surface area contributed by atoms with Crippen LogP contribution in [0.5, 0.6) is 0 Å². The highest BCUT2D eigenvalue weighted by Crippen LogP contribution is 2.09. The predicted molar refractivity (Wildman–Crippen MR) is 72.0 cm³/mol. The van der Waals surface area contributed by atoms with Gasteiger partial charge in [-0.25, -0.2) is 9.97 Å². The highest BCUT2D eigenvalue weighted by molar-refractivity contribution is 5.93. The van der Waals surface area contributed by atoms with Gasteiger partial charge in [0, 0.05) is 26.3 Å². The summed E-state index contributed by atoms with van der Waals surface area (Å²) in [4.78, 5) is 12.9. The van der Waals surface area contributed by atoms with Crippen LogP contribution in [0.15, 0.2) is 12.3 Å². The van der Waals surface area contributed by atoms with Crippen molar-refractivity contribution in [1.82, 2.24) is 14.9 Å². The van der Waals surface area contributed by atoms with Gasteiger partial charge >= 0.3 is 0 Å². The molecule has 1 aliphatic heterocycles. The molecule has 0 radical (unpaired) electrons. The Balaban J connectivity index is 1.93. The zero-order valence-corrected chi connectivity index (χ0v) is 10.8. The number of aromatic nitrogens is 2. The molecule has 1 aliphatic rings. The van der Waals surface area contributed by atoms with Crippen LogP contribution in [-0.2, 0) is 0 Å². The van der Waals surface area contributed by atoms with Crippen molar-refractivity contribution in [2.75, 3.05) is 38.1 Å². The number of rotatable bonds is 5. The molecule has 0 amide bonds. The second kappa shape index (κ2) is 5.77. The van der Waals surface area contributed by atoms with E-state index in [-0.39, 0.29) is 5.84 Å². The van der Waals surface area contributed by atoms with Gasteiger partial charge in [0.1, 0.15) is 11.5 Å². The average molecular weight is 248 g/mol. The number of nitrogens with one attached hydrogen (secondary N) is 1. The summed E-state index contributed by atoms with van der Waals surface area (Å²) in [5.41, 5.74) is 5.90. The van der Waals surface area contributed by atoms with Crippen molar-refractivity contribution in [3.8, 4) is 0 Å². The van der Waals surface area contributed by atoms with Gasteiger partial charge in [-0.1, -0.05) is 0 Å². The number of amidine groups is 1. The first-order valence-electron chi connectivity index (χ1n) is 6.28. The molecule has 1 fully saturated rings. The first kappa shape index (κ1) is 12.8. The highest BCUT2D eigenvalue weighted by Gasteiger charge is 2.13. The molecular weight excluding hydrogens is 228 g/mol. The monoisotopic (exact) mass is 248 g/mol. The van der Waals surface area contributed by atoms with Gasteiger partial charge < -0.3 is 15.5 Å². The molecule has 1 aromatic heterocycles. The average Bonchev–Trinajstić information content (AvgIpc) is 2.89. The molecule has 18 heavy (non-hydrogen) atoms. The van der Waals surface area contributed by atoms with E-state index in [1.165, 1.54) is 25.9 Å². The van der Waals surface area contributed by atoms with Crippen LogP contribution in [-0.4, -0.2) is 53.9 Å². The van der Waals surface area contributed by atoms with Gasteiger partial charge in [-0.3, -0.25) is 5.41 Å². The summed E-state index contributed by atoms with van der Waals surface area (Å²) in [6, 6.07) is 1.65. The van der Waals surface area contributed by atoms with Crippen molar-refractivity contribution < 1.29 is 0 Å². The molecule has 0 aromatic carbocycles. The Labute approximate surface area is 107 Å². The van der Waals surface area contributed by atoms with Gasteiger partial charge in [-0.05, 0) is 32.0 Å². The zero-order chi connectivity index (χ0) is 13.0. The molecule has 0 unspecified atom stereocenters. The molecule has 0 saturated carbocycles. The summed E-state index contributed by atoms with van der Waals surface area (Å²) in [6.07, 6.45) is 4.26. The third-order valence-electron chi connectivity index (χ3n) is 3.21. The number of anilines is 1. The lowest BCUT2D eigenvalue weighted by Crippen LogP contribution is -2.32. The molecule has 3 N–H and O–H groups in total. The van der Waals surface area contributed by atoms with Crippen molar-refractivity contribution in [2.24, 2.45) is 5.73 Å². The largest absolute Gasteiger partial charge is 0.382 e. The first-order valence-corrected chi connectivity index (χ1v) is 6.28. The van der Waals surface area contributed by atoms with Crippen LogP contribution in [0.1, 0.15) is 18.5 Å². The lowest BCUT2D eigenvalue weighted by Gasteiger charge is -2.21. The SMILES string of the molecule is CN(CCN1CCCC1)c1nccc(C(=N)N)n1. The lowest BCUT2D eigenvalue weighted by atomic mass is 10.4. The van der Waals surface area contributed by atoms with Crippen molar-refractivity contribution in [3.63, 3.8) is 0 Å². The molecule has 98 valence electrons. The molecule has 6 heteroatoms. The maximum atomic E-state index is 7.37. The second-order valence-electron chi connectivity index (χ2n) is 4.63. The van der Waals surface area contributed by atoms with Crippen LogP contribution in [0.25, 0.3) is 0 Å². The fourth-order valence-corrected chi connectivity index (χ4v) is 2.08. The summed E-state index contributed by atoms with van der Waals surface area (Å²) < 4.78 is 0. The number of likely N-dealkylation sites (N-methyl/N-ethyl adjacent to an activating group) is 1. The predicted octanol–water partition coefficient (Wildman–Crippen LogP) is 0.293. The van der Waals surface area contributed by atoms with Crippen molar-refractivity contribution in [3.05, 3.63) is 18.0 Å². The minimum Gasteiger partial charge on any atom is -0.382 e. The third kappa shape index (κ3) is 3.16. The summed E-state index contributed by atoms with van der Waals surface area (Å²) in [6.45, 7) is 4.32. The first-order chi connectivity index (χ1) is 8.66. The highest BCUT2D eigenvalue weighted by atomic mass is 15.3. The maximum Gasteiger partial charge on any atom is 0.225 e. The van der Waals surface area contributed by atoms with Gasteiger partial charge in [-0.2, -0.15) is 0 Å². The van der Waals surface area contributed by atoms with Gasteiger partial charge in [0.05, 0.1) is 0 Å². The van der Waals surface area contributed by atoms with Crippen LogP contribution in [0, 0.1) is 5.41 Å². The van der Waals surface area contributed by atoms with Gasteiger partial charge in [0.15, 0.2) is 0 Å². The fourth-order valence-electron chi connectivity index (χ4n) is 2.08. The second-order valence-corrected chi connectivity index (χ2v) is 4.63. The van der Waals surface area contributed by atoms with Gasteiger partial charge in [0.2, 0.25) is 5.95 Å². The summed E-state index contributed by atoms with van der Waals surface area (Å²) in [5.74, 6) is 0.605. The summed E-state index contributed by atoms with van der Waals surface area (Å²) in [7, 11) is 1.97. The molecule has 0 spiro atoms. The lowest BCUT2D eigenvalue weighted by molar-refractivity contribution is 0.346. The van der Waals surface area contributed by atoms with Gasteiger partial charge in [0.25, 0.3) is 0 Å². The van der Waals surface area contributed by atoms with E-state index in [4.69, 9.17) is 11.1 Å². The van der Waals surface area contributed by atoms with Crippen LogP contribution in [0.2, 0.25) is 0 Å². The molecule has 0 atom stereocenters. The van der Waals surface area contributed by atoms with E-state index < -0.39 is 0 Å². The van der Waals surface area contributed by atoms with Crippen LogP contribution >= 0.6 is 0 Å². The summed E-state index contributed by atoms with van der Waals surface area (Å²) in [5, 5.41) is 7.37. The topological polar surface area (TPSA) is 82.1 Å². The fraction of sp³-hybridized carbons (Fsp3) is 0.583. The number of nitrogen functional groups attached to an aromatic ring is 1. The number of hydrogen-bond acceptors (Lipinski definition) is 5. The minimum atomic E-state index is -0.0217. The third-order valence-corrected chi connectivity index (χ3v) is 3.21. The van der Waals surface area contributed by atoms with E-state index in [9.17, 15) is 0 Å². The normalized spacial score (nSPS) is 15.8. The zero-order valence-electron chi connectivity index (χ0n) is 10.8. The molecule has 0 bridgehead atoms. The van der Waals surface area contributed by atoms with E-state index in [0.29, 0.717) is 11.6 Å². The molecule has 0 aliphatic carbocycles. The van der Waals surface area contributed by atoms with E-state index in [1.54, 1.807) is 12.3 Å². The maximum absolute atomic E-state index is 7.37. The molecule has 2 rings (SSSR count). The molecular formula is C12H20N6. The Morgan fingerprint density at radius 1 is 1.50 bits per heavy atom. The van der Waals surface area contributed by atoms with Crippen molar-refractivity contribution >= 4 is 11.8 Å². The number of likely N-dealkylation sites (tertiary alicyclic amines) is 1. The van der Waals surface area contributed by atoms with Crippen LogP contribution < -0.4 is 10.6 Å². The van der Waals surface area contributed by atoms with Crippen LogP contribution in [0.4, 0.5) is 5.95 Å². The Bertz CT molecular complexity index is 413. The minimum absolute atomic E-state index is 0.0217. The Hall–Kier alpha value is -1.69. The molecule has 1 aromatic rings. The Morgan fingerprint density at radius 2 is 2.22 bits per heavy atom. The number of nitrogens with zero attached hydrogens (tertiary/aromatic N) is 4. The van der Waals surface area contributed by atoms with E-state index in [2.05, 4.69) is 14.9 Å². The quantitative estimate of drug-likeness (QED) is 0.578. The smallest absolute Gasteiger partial charge is 0.225 e. The van der Waals surface area contributed by atoms with Crippen molar-refractivity contribution in [2.45, 2.75) is 12.8 Å². The van der Waals surface area contributed by atoms with Crippen LogP contribution in [0.3, 0.4) is 0 Å². The summed E-state index contributed by atoms with van der Waals surface area (Å²) >= 11 is 0. The number of nitrogens with two attached hydrogens (primary N) is 1. The molecule has 6 nitrogen and oxygen atoms in total. The van der Waals surface area contributed by atoms with E-state index in [0.717, 1.165) is 13.1 Å². The Kier molecular flexibility index (Phi) is 4.09. The molecule has 2 heterocycles. The van der Waals surface area contributed by atoms with Gasteiger partial charge in [-0.15, -0.1) is 0 Å². The van der Waals surface area contributed by atoms with E-state index in [1.807, 2.05) is 11.9 Å². The van der Waals surface area contributed by atoms with E-state index >= 15 is 0 Å². The number of hydrogen-bond donors (Lipinski definition) is 2.